The summed E-state index contributed by atoms with van der Waals surface area (Å²) >= 11 is 0. The van der Waals surface area contributed by atoms with E-state index in [4.69, 9.17) is 33.2 Å². The van der Waals surface area contributed by atoms with Crippen LogP contribution in [-0.4, -0.2) is 133 Å². The van der Waals surface area contributed by atoms with Crippen LogP contribution in [0.4, 0.5) is 0 Å². The first-order chi connectivity index (χ1) is 43.6. The first kappa shape index (κ1) is 95.9. The summed E-state index contributed by atoms with van der Waals surface area (Å²) in [6, 6.07) is 0. The van der Waals surface area contributed by atoms with Crippen LogP contribution in [0, 0.1) is 19.8 Å². The van der Waals surface area contributed by atoms with Crippen LogP contribution in [0.25, 0.3) is 0 Å². The van der Waals surface area contributed by atoms with Gasteiger partial charge in [-0.05, 0) is 129 Å². The molecule has 13 nitrogen and oxygen atoms in total. The summed E-state index contributed by atoms with van der Waals surface area (Å²) < 4.78 is 38.8. The summed E-state index contributed by atoms with van der Waals surface area (Å²) in [6.45, 7) is 31.2. The summed E-state index contributed by atoms with van der Waals surface area (Å²) in [4.78, 5) is 50.4. The van der Waals surface area contributed by atoms with Gasteiger partial charge in [-0.1, -0.05) is 228 Å². The number of nitrogens with zero attached hydrogens (tertiary/aromatic N) is 1. The number of piperidine rings is 1. The molecule has 0 bridgehead atoms. The molecule has 1 unspecified atom stereocenters. The van der Waals surface area contributed by atoms with Crippen molar-refractivity contribution in [3.05, 3.63) is 13.8 Å². The van der Waals surface area contributed by atoms with E-state index < -0.39 is 6.10 Å². The van der Waals surface area contributed by atoms with E-state index in [9.17, 15) is 19.2 Å². The van der Waals surface area contributed by atoms with Gasteiger partial charge in [0.15, 0.2) is 0 Å². The number of ether oxygens (including phenoxy) is 7. The number of rotatable bonds is 63. The van der Waals surface area contributed by atoms with E-state index in [1.165, 1.54) is 161 Å². The minimum atomic E-state index is -0.699. The Morgan fingerprint density at radius 2 is 0.844 bits per heavy atom. The van der Waals surface area contributed by atoms with Gasteiger partial charge in [0.2, 0.25) is 0 Å². The normalized spacial score (nSPS) is 12.7. The van der Waals surface area contributed by atoms with Crippen LogP contribution in [0.2, 0.25) is 0 Å². The second kappa shape index (κ2) is 82.7. The Morgan fingerprint density at radius 3 is 1.24 bits per heavy atom. The zero-order chi connectivity index (χ0) is 66.0. The van der Waals surface area contributed by atoms with E-state index in [2.05, 4.69) is 72.7 Å². The predicted octanol–water partition coefficient (Wildman–Crippen LogP) is 16.8. The molecule has 0 aliphatic carbocycles. The van der Waals surface area contributed by atoms with Gasteiger partial charge in [0, 0.05) is 52.4 Å². The second-order valence-electron chi connectivity index (χ2n) is 25.1. The third kappa shape index (κ3) is 76.5. The number of hydrogen-bond donors (Lipinski definition) is 1. The maximum atomic E-state index is 12.7. The molecule has 14 heteroatoms. The molecule has 90 heavy (non-hydrogen) atoms. The molecular weight excluding hydrogens is 1160 g/mol. The van der Waals surface area contributed by atoms with Crippen LogP contribution >= 0.6 is 0 Å². The van der Waals surface area contributed by atoms with E-state index in [0.29, 0.717) is 39.3 Å². The van der Waals surface area contributed by atoms with Crippen LogP contribution in [0.15, 0.2) is 0 Å². The van der Waals surface area contributed by atoms with Gasteiger partial charge in [0.25, 0.3) is 0 Å². The molecule has 1 N–H and O–H groups in total. The van der Waals surface area contributed by atoms with Crippen molar-refractivity contribution in [1.82, 2.24) is 10.2 Å². The average molecular weight is 1310 g/mol. The maximum Gasteiger partial charge on any atom is 1.00 e. The Bertz CT molecular complexity index is 1360. The molecule has 1 heterocycles. The summed E-state index contributed by atoms with van der Waals surface area (Å²) in [5.41, 5.74) is 0. The third-order valence-corrected chi connectivity index (χ3v) is 16.2. The van der Waals surface area contributed by atoms with Crippen molar-refractivity contribution in [3.63, 3.8) is 0 Å². The van der Waals surface area contributed by atoms with E-state index in [1.54, 1.807) is 0 Å². The van der Waals surface area contributed by atoms with E-state index >= 15 is 0 Å². The molecule has 1 aliphatic rings. The van der Waals surface area contributed by atoms with Gasteiger partial charge < -0.3 is 62.0 Å². The first-order valence-corrected chi connectivity index (χ1v) is 37.8. The first-order valence-electron chi connectivity index (χ1n) is 37.8. The molecule has 0 amide bonds. The van der Waals surface area contributed by atoms with Crippen molar-refractivity contribution in [2.45, 2.75) is 362 Å². The number of likely N-dealkylation sites (tertiary alicyclic amines) is 1. The van der Waals surface area contributed by atoms with Crippen molar-refractivity contribution in [3.8, 4) is 0 Å². The third-order valence-electron chi connectivity index (χ3n) is 16.2. The van der Waals surface area contributed by atoms with Crippen LogP contribution in [-0.2, 0) is 52.3 Å². The van der Waals surface area contributed by atoms with Crippen LogP contribution in [0.5, 0.6) is 0 Å². The smallest absolute Gasteiger partial charge is 0.539 e. The maximum absolute atomic E-state index is 12.7. The SMILES string of the molecule is CCCCCCCCC(CCCCCCCC)OC(=O)CCCCCOCC([C-]=O)OCCCCCC(=O)OC(CCCCCCCC)CCCCCCCC.CCCOC(=O)C1CCN(C)CC1.[CH2-]CCCCCCC.[CH2-]COCCNCCOCCC.[K+]. The molecule has 0 spiro atoms. The van der Waals surface area contributed by atoms with E-state index in [1.807, 2.05) is 13.2 Å². The van der Waals surface area contributed by atoms with Gasteiger partial charge in [0.05, 0.1) is 25.7 Å². The molecular formula is C76H149KN2O11-2. The van der Waals surface area contributed by atoms with Crippen LogP contribution in [0.1, 0.15) is 344 Å². The Labute approximate surface area is 601 Å². The number of nitrogens with one attached hydrogen (secondary N) is 1. The number of unbranched alkanes of at least 4 members (excludes halogenated alkanes) is 29. The summed E-state index contributed by atoms with van der Waals surface area (Å²) in [5, 5.41) is 3.20. The Kier molecular flexibility index (Phi) is 88.1. The molecule has 0 aromatic rings. The van der Waals surface area contributed by atoms with Gasteiger partial charge in [-0.25, -0.2) is 6.29 Å². The Hall–Kier alpha value is -0.524. The molecule has 1 atom stereocenters. The molecule has 1 fully saturated rings. The van der Waals surface area contributed by atoms with Crippen molar-refractivity contribution in [2.75, 3.05) is 86.1 Å². The standard InChI is InChI=1S/C49H93O7.C10H19NO2.C9H20NO2.C8H17.K/c1-5-9-13-17-21-27-35-45(36-28-22-18-14-10-6-2)55-48(51)39-31-25-33-41-53-44-47(43-50)54-42-34-26-32-40-49(52)56-46(37-29-23-19-15-11-7-3)38-30-24-20-16-12-8-4;1-3-8-13-10(12)9-4-6-11(2)7-5-9;1-3-7-12-9-6-10-5-8-11-4-2;1-3-5-7-8-6-4-2;/h45-47H,5-42,44H2,1-4H3;9H,3-8H2,1-2H3;10H,2-9H2,1H3;1,3-8H2,2H3;/q-1;;2*-1;+1. The predicted molar refractivity (Wildman–Crippen MR) is 375 cm³/mol. The molecule has 532 valence electrons. The summed E-state index contributed by atoms with van der Waals surface area (Å²) in [6.07, 6.45) is 53.1. The zero-order valence-electron chi connectivity index (χ0n) is 61.2. The van der Waals surface area contributed by atoms with E-state index in [0.717, 1.165) is 168 Å². The van der Waals surface area contributed by atoms with Gasteiger partial charge in [0.1, 0.15) is 12.2 Å². The fraction of sp³-hybridized carbons (Fsp3) is 0.921. The fourth-order valence-electron chi connectivity index (χ4n) is 10.5. The molecule has 1 aliphatic heterocycles. The zero-order valence-corrected chi connectivity index (χ0v) is 64.3. The molecule has 0 saturated carbocycles. The van der Waals surface area contributed by atoms with Gasteiger partial charge >= 0.3 is 69.3 Å². The topological polar surface area (TPSA) is 148 Å². The van der Waals surface area contributed by atoms with Gasteiger partial charge in [-0.3, -0.25) is 14.4 Å². The summed E-state index contributed by atoms with van der Waals surface area (Å²) in [7, 11) is 2.09. The van der Waals surface area contributed by atoms with Crippen LogP contribution in [0.3, 0.4) is 0 Å². The van der Waals surface area contributed by atoms with Crippen molar-refractivity contribution >= 4 is 24.2 Å². The average Bonchev–Trinajstić information content (AvgIpc) is 3.57. The number of carbonyl (C=O) groups excluding carboxylic acids is 4. The van der Waals surface area contributed by atoms with E-state index in [-0.39, 0.29) is 94.0 Å². The number of hydrogen-bond acceptors (Lipinski definition) is 13. The van der Waals surface area contributed by atoms with Crippen molar-refractivity contribution < 1.29 is 104 Å². The van der Waals surface area contributed by atoms with Crippen molar-refractivity contribution in [2.24, 2.45) is 5.92 Å². The Balaban J connectivity index is -0.000000866. The van der Waals surface area contributed by atoms with Crippen LogP contribution < -0.4 is 56.7 Å². The number of esters is 3. The molecule has 1 rings (SSSR count). The fourth-order valence-corrected chi connectivity index (χ4v) is 10.5. The quantitative estimate of drug-likeness (QED) is 0.0203. The molecule has 1 saturated heterocycles. The van der Waals surface area contributed by atoms with Gasteiger partial charge in [-0.2, -0.15) is 6.42 Å². The minimum absolute atomic E-state index is 0. The molecule has 0 aromatic carbocycles. The molecule has 0 radical (unpaired) electrons. The number of carbonyl (C=O) groups is 3. The monoisotopic (exact) mass is 1310 g/mol. The molecule has 0 aromatic heterocycles. The summed E-state index contributed by atoms with van der Waals surface area (Å²) in [5.74, 6) is 0.0242. The minimum Gasteiger partial charge on any atom is -0.539 e. The largest absolute Gasteiger partial charge is 1.00 e. The van der Waals surface area contributed by atoms with Crippen molar-refractivity contribution in [1.29, 1.82) is 0 Å². The second-order valence-corrected chi connectivity index (χ2v) is 25.1. The van der Waals surface area contributed by atoms with Gasteiger partial charge in [-0.15, -0.1) is 0 Å². The Morgan fingerprint density at radius 1 is 0.456 bits per heavy atom.